The molecule has 0 aliphatic carbocycles. The second-order valence-electron chi connectivity index (χ2n) is 6.02. The Labute approximate surface area is 168 Å². The zero-order valence-electron chi connectivity index (χ0n) is 15.9. The third-order valence-electron chi connectivity index (χ3n) is 3.97. The molecule has 0 saturated carbocycles. The second kappa shape index (κ2) is 9.77. The molecule has 2 aromatic heterocycles. The molecule has 144 valence electrons. The quantitative estimate of drug-likeness (QED) is 0.528. The highest BCUT2D eigenvalue weighted by Crippen LogP contribution is 2.29. The van der Waals surface area contributed by atoms with Crippen LogP contribution in [-0.2, 0) is 11.3 Å². The van der Waals surface area contributed by atoms with Crippen molar-refractivity contribution in [1.82, 2.24) is 9.97 Å². The molecule has 28 heavy (non-hydrogen) atoms. The maximum absolute atomic E-state index is 5.50. The number of rotatable bonds is 8. The molecule has 0 bridgehead atoms. The number of allylic oxidation sites excluding steroid dienone is 1. The highest BCUT2D eigenvalue weighted by Gasteiger charge is 2.08. The molecule has 1 aromatic carbocycles. The van der Waals surface area contributed by atoms with Crippen LogP contribution in [0.25, 0.3) is 11.3 Å². The van der Waals surface area contributed by atoms with Crippen molar-refractivity contribution < 1.29 is 4.74 Å². The van der Waals surface area contributed by atoms with Gasteiger partial charge in [0.2, 0.25) is 0 Å². The minimum absolute atomic E-state index is 0.607. The molecule has 3 aromatic rings. The van der Waals surface area contributed by atoms with Crippen LogP contribution in [0.5, 0.6) is 0 Å². The number of pyridine rings is 1. The van der Waals surface area contributed by atoms with Gasteiger partial charge in [-0.1, -0.05) is 12.1 Å². The predicted molar refractivity (Wildman–Crippen MR) is 117 cm³/mol. The number of anilines is 2. The third-order valence-corrected chi connectivity index (χ3v) is 4.73. The zero-order valence-corrected chi connectivity index (χ0v) is 16.7. The molecule has 0 atom stereocenters. The van der Waals surface area contributed by atoms with Crippen LogP contribution in [-0.4, -0.2) is 22.8 Å². The largest absolute Gasteiger partial charge is 0.405 e. The van der Waals surface area contributed by atoms with E-state index >= 15 is 0 Å². The molecular weight excluding hydrogens is 370 g/mol. The first-order valence-corrected chi connectivity index (χ1v) is 9.84. The van der Waals surface area contributed by atoms with Crippen molar-refractivity contribution in [3.8, 4) is 11.3 Å². The van der Waals surface area contributed by atoms with Gasteiger partial charge < -0.3 is 15.8 Å². The fraction of sp³-hybridized carbons (Fsp3) is 0.190. The number of benzene rings is 1. The molecule has 0 fully saturated rings. The Morgan fingerprint density at radius 1 is 1.29 bits per heavy atom. The molecule has 0 aliphatic heterocycles. The normalized spacial score (nSPS) is 11.5. The Balaban J connectivity index is 1.72. The summed E-state index contributed by atoms with van der Waals surface area (Å²) in [4.78, 5) is 13.2. The van der Waals surface area contributed by atoms with Crippen LogP contribution in [0.1, 0.15) is 18.1 Å². The first-order valence-electron chi connectivity index (χ1n) is 8.96. The minimum Gasteiger partial charge on any atom is -0.405 e. The molecule has 7 heteroatoms. The lowest BCUT2D eigenvalue weighted by atomic mass is 10.1. The van der Waals surface area contributed by atoms with Gasteiger partial charge in [-0.3, -0.25) is 0 Å². The highest BCUT2D eigenvalue weighted by molar-refractivity contribution is 7.14. The Bertz CT molecular complexity index is 963. The number of nitrogens with one attached hydrogen (secondary N) is 1. The first-order chi connectivity index (χ1) is 13.7. The summed E-state index contributed by atoms with van der Waals surface area (Å²) < 4.78 is 5.50. The Morgan fingerprint density at radius 2 is 2.18 bits per heavy atom. The van der Waals surface area contributed by atoms with Crippen molar-refractivity contribution in [2.24, 2.45) is 10.7 Å². The lowest BCUT2D eigenvalue weighted by Crippen LogP contribution is -1.97. The van der Waals surface area contributed by atoms with Crippen molar-refractivity contribution in [1.29, 1.82) is 0 Å². The van der Waals surface area contributed by atoms with Crippen molar-refractivity contribution in [2.75, 3.05) is 11.9 Å². The fourth-order valence-corrected chi connectivity index (χ4v) is 3.21. The van der Waals surface area contributed by atoms with Gasteiger partial charge in [-0.05, 0) is 55.4 Å². The van der Waals surface area contributed by atoms with Crippen LogP contribution in [0.15, 0.2) is 59.2 Å². The van der Waals surface area contributed by atoms with Crippen LogP contribution < -0.4 is 11.1 Å². The summed E-state index contributed by atoms with van der Waals surface area (Å²) >= 11 is 1.56. The van der Waals surface area contributed by atoms with Gasteiger partial charge in [-0.25, -0.2) is 15.0 Å². The molecular formula is C21H23N5OS. The van der Waals surface area contributed by atoms with E-state index in [0.29, 0.717) is 19.0 Å². The monoisotopic (exact) mass is 393 g/mol. The van der Waals surface area contributed by atoms with E-state index in [0.717, 1.165) is 33.2 Å². The van der Waals surface area contributed by atoms with Crippen LogP contribution in [0.2, 0.25) is 0 Å². The van der Waals surface area contributed by atoms with E-state index in [1.165, 1.54) is 6.20 Å². The summed E-state index contributed by atoms with van der Waals surface area (Å²) in [5.74, 6) is 0.622. The average molecular weight is 394 g/mol. The number of nitrogens with zero attached hydrogens (tertiary/aromatic N) is 3. The van der Waals surface area contributed by atoms with Crippen LogP contribution >= 0.6 is 11.3 Å². The van der Waals surface area contributed by atoms with Crippen molar-refractivity contribution in [3.05, 3.63) is 65.3 Å². The van der Waals surface area contributed by atoms with E-state index in [2.05, 4.69) is 45.4 Å². The molecule has 0 aliphatic rings. The second-order valence-corrected chi connectivity index (χ2v) is 6.88. The smallest absolute Gasteiger partial charge is 0.187 e. The number of nitrogens with two attached hydrogens (primary N) is 1. The number of thiazole rings is 1. The van der Waals surface area contributed by atoms with Gasteiger partial charge in [0.25, 0.3) is 0 Å². The molecule has 0 unspecified atom stereocenters. The predicted octanol–water partition coefficient (Wildman–Crippen LogP) is 4.97. The number of hydrogen-bond acceptors (Lipinski definition) is 7. The van der Waals surface area contributed by atoms with Crippen LogP contribution in [0.3, 0.4) is 0 Å². The van der Waals surface area contributed by atoms with E-state index in [1.807, 2.05) is 24.4 Å². The summed E-state index contributed by atoms with van der Waals surface area (Å²) in [6, 6.07) is 10.1. The Kier molecular flexibility index (Phi) is 6.89. The van der Waals surface area contributed by atoms with Crippen molar-refractivity contribution in [3.63, 3.8) is 0 Å². The molecule has 6 nitrogen and oxygen atoms in total. The lowest BCUT2D eigenvalue weighted by molar-refractivity contribution is 0.134. The Hall–Kier alpha value is -3.03. The van der Waals surface area contributed by atoms with E-state index in [1.54, 1.807) is 29.8 Å². The summed E-state index contributed by atoms with van der Waals surface area (Å²) in [6.07, 6.45) is 6.45. The van der Waals surface area contributed by atoms with E-state index in [4.69, 9.17) is 10.5 Å². The molecule has 3 N–H and O–H groups in total. The zero-order chi connectivity index (χ0) is 19.8. The summed E-state index contributed by atoms with van der Waals surface area (Å²) in [5.41, 5.74) is 10.4. The van der Waals surface area contributed by atoms with Crippen LogP contribution in [0.4, 0.5) is 16.6 Å². The highest BCUT2D eigenvalue weighted by atomic mass is 32.1. The number of aliphatic imine (C=N–C) groups is 1. The standard InChI is InChI=1S/C21H23N5OS/c1-3-27-13-16-6-5-15(2)18(11-16)25-21-26-19(14-28-21)17-7-8-20(24-12-17)23-10-4-9-22/h4-12,14H,3,13,22H2,1-2H3,(H,25,26). The lowest BCUT2D eigenvalue weighted by Gasteiger charge is -2.09. The van der Waals surface area contributed by atoms with Gasteiger partial charge in [0.05, 0.1) is 12.3 Å². The van der Waals surface area contributed by atoms with Gasteiger partial charge in [-0.2, -0.15) is 0 Å². The number of hydrogen-bond donors (Lipinski definition) is 2. The molecule has 0 spiro atoms. The molecule has 0 saturated heterocycles. The first kappa shape index (κ1) is 19.7. The van der Waals surface area contributed by atoms with E-state index in [-0.39, 0.29) is 0 Å². The summed E-state index contributed by atoms with van der Waals surface area (Å²) in [7, 11) is 0. The van der Waals surface area contributed by atoms with Gasteiger partial charge in [0.1, 0.15) is 0 Å². The Morgan fingerprint density at radius 3 is 2.93 bits per heavy atom. The minimum atomic E-state index is 0.607. The van der Waals surface area contributed by atoms with Crippen molar-refractivity contribution >= 4 is 34.2 Å². The van der Waals surface area contributed by atoms with E-state index in [9.17, 15) is 0 Å². The number of aromatic nitrogens is 2. The maximum Gasteiger partial charge on any atom is 0.187 e. The van der Waals surface area contributed by atoms with Gasteiger partial charge >= 0.3 is 0 Å². The summed E-state index contributed by atoms with van der Waals surface area (Å²) in [5, 5.41) is 6.26. The fourth-order valence-electron chi connectivity index (χ4n) is 2.48. The topological polar surface area (TPSA) is 85.4 Å². The molecule has 2 heterocycles. The van der Waals surface area contributed by atoms with Gasteiger partial charge in [0, 0.05) is 35.6 Å². The molecule has 0 amide bonds. The number of aryl methyl sites for hydroxylation is 1. The molecule has 0 radical (unpaired) electrons. The van der Waals surface area contributed by atoms with Gasteiger partial charge in [0.15, 0.2) is 10.9 Å². The average Bonchev–Trinajstić information content (AvgIpc) is 3.18. The van der Waals surface area contributed by atoms with Gasteiger partial charge in [-0.15, -0.1) is 11.3 Å². The van der Waals surface area contributed by atoms with Crippen LogP contribution in [0, 0.1) is 6.92 Å². The maximum atomic E-state index is 5.50. The molecule has 3 rings (SSSR count). The summed E-state index contributed by atoms with van der Waals surface area (Å²) in [6.45, 7) is 5.38. The van der Waals surface area contributed by atoms with E-state index < -0.39 is 0 Å². The number of ether oxygens (including phenoxy) is 1. The SMILES string of the molecule is CCOCc1ccc(C)c(Nc2nc(-c3ccc(N=CC=CN)nc3)cs2)c1. The van der Waals surface area contributed by atoms with Crippen molar-refractivity contribution in [2.45, 2.75) is 20.5 Å². The third kappa shape index (κ3) is 5.25.